The number of benzene rings is 2. The van der Waals surface area contributed by atoms with Crippen LogP contribution in [0.15, 0.2) is 53.9 Å². The predicted octanol–water partition coefficient (Wildman–Crippen LogP) is 3.31. The van der Waals surface area contributed by atoms with Crippen LogP contribution in [0.4, 0.5) is 5.69 Å². The molecule has 1 aliphatic heterocycles. The van der Waals surface area contributed by atoms with Crippen LogP contribution in [-0.4, -0.2) is 40.3 Å². The molecule has 1 heterocycles. The maximum atomic E-state index is 13.3. The van der Waals surface area contributed by atoms with E-state index in [1.165, 1.54) is 25.2 Å². The Morgan fingerprint density at radius 1 is 1.07 bits per heavy atom. The first-order valence-corrected chi connectivity index (χ1v) is 10.2. The van der Waals surface area contributed by atoms with Crippen molar-refractivity contribution in [2.45, 2.75) is 6.04 Å². The number of anilines is 1. The second-order valence-corrected chi connectivity index (χ2v) is 8.31. The van der Waals surface area contributed by atoms with Crippen molar-refractivity contribution in [3.05, 3.63) is 64.5 Å². The Labute approximate surface area is 162 Å². The standard InChI is InChI=1S/C19H18ClNO5S/c1-25-17-8-3-13(11-18(17)26-2)19(22)21(15-6-4-14(20)5-7-15)16-9-10-27(23,24)12-16/h3-11,16H,12H2,1-2H3/t16-/m0/s1. The molecule has 2 aromatic rings. The molecule has 0 spiro atoms. The zero-order chi connectivity index (χ0) is 19.6. The summed E-state index contributed by atoms with van der Waals surface area (Å²) in [5, 5.41) is 1.66. The van der Waals surface area contributed by atoms with Crippen LogP contribution in [0.2, 0.25) is 5.02 Å². The van der Waals surface area contributed by atoms with Gasteiger partial charge >= 0.3 is 0 Å². The first-order chi connectivity index (χ1) is 12.8. The summed E-state index contributed by atoms with van der Waals surface area (Å²) in [6.07, 6.45) is 1.52. The van der Waals surface area contributed by atoms with Gasteiger partial charge in [-0.2, -0.15) is 0 Å². The lowest BCUT2D eigenvalue weighted by atomic mass is 10.1. The Morgan fingerprint density at radius 3 is 2.30 bits per heavy atom. The molecule has 0 aromatic heterocycles. The van der Waals surface area contributed by atoms with Crippen LogP contribution in [0.5, 0.6) is 11.5 Å². The molecule has 142 valence electrons. The number of amides is 1. The largest absolute Gasteiger partial charge is 0.493 e. The topological polar surface area (TPSA) is 72.9 Å². The zero-order valence-corrected chi connectivity index (χ0v) is 16.3. The average molecular weight is 408 g/mol. The van der Waals surface area contributed by atoms with E-state index in [-0.39, 0.29) is 11.7 Å². The lowest BCUT2D eigenvalue weighted by Gasteiger charge is -2.28. The van der Waals surface area contributed by atoms with Crippen LogP contribution in [0, 0.1) is 0 Å². The molecule has 2 aromatic carbocycles. The van der Waals surface area contributed by atoms with E-state index in [4.69, 9.17) is 21.1 Å². The predicted molar refractivity (Wildman–Crippen MR) is 105 cm³/mol. The zero-order valence-electron chi connectivity index (χ0n) is 14.8. The number of carbonyl (C=O) groups excluding carboxylic acids is 1. The van der Waals surface area contributed by atoms with Gasteiger partial charge < -0.3 is 14.4 Å². The van der Waals surface area contributed by atoms with E-state index in [1.807, 2.05) is 0 Å². The molecule has 8 heteroatoms. The minimum absolute atomic E-state index is 0.172. The van der Waals surface area contributed by atoms with E-state index in [0.29, 0.717) is 27.8 Å². The van der Waals surface area contributed by atoms with Crippen molar-refractivity contribution in [2.75, 3.05) is 24.9 Å². The quantitative estimate of drug-likeness (QED) is 0.760. The van der Waals surface area contributed by atoms with E-state index in [1.54, 1.807) is 42.5 Å². The molecule has 0 saturated carbocycles. The first kappa shape index (κ1) is 19.3. The van der Waals surface area contributed by atoms with Crippen LogP contribution >= 0.6 is 11.6 Å². The van der Waals surface area contributed by atoms with Crippen molar-refractivity contribution < 1.29 is 22.7 Å². The molecule has 27 heavy (non-hydrogen) atoms. The maximum absolute atomic E-state index is 13.3. The summed E-state index contributed by atoms with van der Waals surface area (Å²) in [5.41, 5.74) is 0.895. The van der Waals surface area contributed by atoms with E-state index >= 15 is 0 Å². The number of carbonyl (C=O) groups is 1. The number of hydrogen-bond acceptors (Lipinski definition) is 5. The van der Waals surface area contributed by atoms with Crippen LogP contribution < -0.4 is 14.4 Å². The Hall–Kier alpha value is -2.51. The first-order valence-electron chi connectivity index (χ1n) is 8.07. The summed E-state index contributed by atoms with van der Waals surface area (Å²) in [6, 6.07) is 10.9. The highest BCUT2D eigenvalue weighted by Gasteiger charge is 2.32. The summed E-state index contributed by atoms with van der Waals surface area (Å²) in [5.74, 6) is 0.378. The van der Waals surface area contributed by atoms with E-state index in [0.717, 1.165) is 5.41 Å². The molecule has 0 N–H and O–H groups in total. The van der Waals surface area contributed by atoms with Crippen LogP contribution in [0.1, 0.15) is 10.4 Å². The van der Waals surface area contributed by atoms with E-state index < -0.39 is 15.9 Å². The summed E-state index contributed by atoms with van der Waals surface area (Å²) in [4.78, 5) is 14.7. The number of ether oxygens (including phenoxy) is 2. The van der Waals surface area contributed by atoms with Gasteiger partial charge in [0.05, 0.1) is 26.0 Å². The molecule has 0 fully saturated rings. The number of rotatable bonds is 5. The number of methoxy groups -OCH3 is 2. The number of nitrogens with zero attached hydrogens (tertiary/aromatic N) is 1. The van der Waals surface area contributed by atoms with Crippen molar-refractivity contribution in [3.8, 4) is 11.5 Å². The normalized spacial score (nSPS) is 17.5. The third-order valence-corrected chi connectivity index (χ3v) is 5.83. The van der Waals surface area contributed by atoms with Crippen LogP contribution in [-0.2, 0) is 9.84 Å². The fourth-order valence-electron chi connectivity index (χ4n) is 2.89. The van der Waals surface area contributed by atoms with Gasteiger partial charge in [-0.3, -0.25) is 4.79 Å². The summed E-state index contributed by atoms with van der Waals surface area (Å²) in [7, 11) is -0.352. The minimum atomic E-state index is -3.34. The highest BCUT2D eigenvalue weighted by Crippen LogP contribution is 2.31. The molecule has 0 aliphatic carbocycles. The van der Waals surface area contributed by atoms with Gasteiger partial charge in [-0.05, 0) is 48.5 Å². The van der Waals surface area contributed by atoms with Crippen molar-refractivity contribution >= 4 is 33.0 Å². The lowest BCUT2D eigenvalue weighted by molar-refractivity contribution is 0.0982. The average Bonchev–Trinajstić information content (AvgIpc) is 3.02. The van der Waals surface area contributed by atoms with Gasteiger partial charge in [0.2, 0.25) is 0 Å². The molecule has 0 radical (unpaired) electrons. The lowest BCUT2D eigenvalue weighted by Crippen LogP contribution is -2.41. The Morgan fingerprint density at radius 2 is 1.74 bits per heavy atom. The van der Waals surface area contributed by atoms with Crippen LogP contribution in [0.25, 0.3) is 0 Å². The molecule has 0 unspecified atom stereocenters. The molecule has 0 saturated heterocycles. The smallest absolute Gasteiger partial charge is 0.258 e. The third-order valence-electron chi connectivity index (χ3n) is 4.20. The van der Waals surface area contributed by atoms with Gasteiger partial charge in [0, 0.05) is 21.7 Å². The summed E-state index contributed by atoms with van der Waals surface area (Å²) >= 11 is 5.95. The number of hydrogen-bond donors (Lipinski definition) is 0. The molecule has 3 rings (SSSR count). The van der Waals surface area contributed by atoms with Crippen molar-refractivity contribution in [2.24, 2.45) is 0 Å². The van der Waals surface area contributed by atoms with E-state index in [9.17, 15) is 13.2 Å². The molecule has 0 bridgehead atoms. The Balaban J connectivity index is 2.03. The Bertz CT molecular complexity index is 986. The highest BCUT2D eigenvalue weighted by atomic mass is 35.5. The molecule has 6 nitrogen and oxygen atoms in total. The molecular weight excluding hydrogens is 390 g/mol. The van der Waals surface area contributed by atoms with Gasteiger partial charge in [-0.1, -0.05) is 11.6 Å². The second-order valence-electron chi connectivity index (χ2n) is 5.95. The number of sulfone groups is 1. The van der Waals surface area contributed by atoms with Gasteiger partial charge in [0.25, 0.3) is 5.91 Å². The van der Waals surface area contributed by atoms with Gasteiger partial charge in [0.1, 0.15) is 0 Å². The van der Waals surface area contributed by atoms with Crippen LogP contribution in [0.3, 0.4) is 0 Å². The summed E-state index contributed by atoms with van der Waals surface area (Å²) < 4.78 is 34.2. The minimum Gasteiger partial charge on any atom is -0.493 e. The molecule has 1 atom stereocenters. The fourth-order valence-corrected chi connectivity index (χ4v) is 4.28. The van der Waals surface area contributed by atoms with E-state index in [2.05, 4.69) is 0 Å². The fraction of sp³-hybridized carbons (Fsp3) is 0.211. The van der Waals surface area contributed by atoms with Crippen molar-refractivity contribution in [3.63, 3.8) is 0 Å². The van der Waals surface area contributed by atoms with Crippen molar-refractivity contribution in [1.29, 1.82) is 0 Å². The third kappa shape index (κ3) is 4.09. The molecule has 1 aliphatic rings. The highest BCUT2D eigenvalue weighted by molar-refractivity contribution is 7.94. The van der Waals surface area contributed by atoms with Crippen molar-refractivity contribution in [1.82, 2.24) is 0 Å². The monoisotopic (exact) mass is 407 g/mol. The molecule has 1 amide bonds. The second kappa shape index (κ2) is 7.62. The molecular formula is C19H18ClNO5S. The summed E-state index contributed by atoms with van der Waals surface area (Å²) in [6.45, 7) is 0. The SMILES string of the molecule is COc1ccc(C(=O)N(c2ccc(Cl)cc2)[C@H]2C=CS(=O)(=O)C2)cc1OC. The number of halogens is 1. The van der Waals surface area contributed by atoms with Gasteiger partial charge in [0.15, 0.2) is 21.3 Å². The maximum Gasteiger partial charge on any atom is 0.258 e. The van der Waals surface area contributed by atoms with Gasteiger partial charge in [-0.25, -0.2) is 8.42 Å². The Kier molecular flexibility index (Phi) is 5.43. The van der Waals surface area contributed by atoms with Gasteiger partial charge in [-0.15, -0.1) is 0 Å².